The van der Waals surface area contributed by atoms with Gasteiger partial charge in [0.2, 0.25) is 0 Å². The van der Waals surface area contributed by atoms with Gasteiger partial charge in [0, 0.05) is 23.6 Å². The lowest BCUT2D eigenvalue weighted by atomic mass is 9.95. The molecule has 1 rings (SSSR count). The number of rotatable bonds is 5. The Balaban J connectivity index is 2.64. The smallest absolute Gasteiger partial charge is 0.0499 e. The molecule has 0 saturated heterocycles. The van der Waals surface area contributed by atoms with Gasteiger partial charge in [0.05, 0.1) is 0 Å². The molecular formula is C11H15BrO2. The number of halogens is 1. The van der Waals surface area contributed by atoms with Crippen LogP contribution in [0, 0.1) is 0 Å². The van der Waals surface area contributed by atoms with Crippen LogP contribution in [0.4, 0.5) is 0 Å². The second-order valence-corrected chi connectivity index (χ2v) is 4.21. The summed E-state index contributed by atoms with van der Waals surface area (Å²) in [6.07, 6.45) is 1.57. The van der Waals surface area contributed by atoms with E-state index in [1.165, 1.54) is 0 Å². The minimum atomic E-state index is 0.141. The summed E-state index contributed by atoms with van der Waals surface area (Å²) in [4.78, 5) is 0. The Morgan fingerprint density at radius 2 is 1.79 bits per heavy atom. The summed E-state index contributed by atoms with van der Waals surface area (Å²) in [6, 6.07) is 7.94. The van der Waals surface area contributed by atoms with E-state index >= 15 is 0 Å². The van der Waals surface area contributed by atoms with Crippen molar-refractivity contribution in [2.45, 2.75) is 18.8 Å². The molecule has 0 aromatic heterocycles. The molecule has 0 aliphatic rings. The van der Waals surface area contributed by atoms with Gasteiger partial charge in [-0.2, -0.15) is 0 Å². The van der Waals surface area contributed by atoms with Crippen LogP contribution in [0.25, 0.3) is 0 Å². The summed E-state index contributed by atoms with van der Waals surface area (Å²) < 4.78 is 1.04. The second-order valence-electron chi connectivity index (χ2n) is 3.30. The van der Waals surface area contributed by atoms with Gasteiger partial charge < -0.3 is 10.2 Å². The molecule has 0 unspecified atom stereocenters. The largest absolute Gasteiger partial charge is 0.396 e. The van der Waals surface area contributed by atoms with Crippen LogP contribution in [0.2, 0.25) is 0 Å². The van der Waals surface area contributed by atoms with E-state index in [4.69, 9.17) is 5.11 Å². The molecule has 1 aromatic carbocycles. The van der Waals surface area contributed by atoms with E-state index in [1.807, 2.05) is 24.3 Å². The molecule has 2 nitrogen and oxygen atoms in total. The number of aliphatic hydroxyl groups is 2. The van der Waals surface area contributed by atoms with Crippen molar-refractivity contribution in [2.24, 2.45) is 0 Å². The third-order valence-corrected chi connectivity index (χ3v) is 2.80. The van der Waals surface area contributed by atoms with Crippen LogP contribution in [-0.4, -0.2) is 23.4 Å². The molecule has 14 heavy (non-hydrogen) atoms. The first-order valence-corrected chi connectivity index (χ1v) is 5.54. The minimum absolute atomic E-state index is 0.141. The SMILES string of the molecule is OCCC[C@@H](CO)c1ccc(Br)cc1. The maximum absolute atomic E-state index is 9.18. The Kier molecular flexibility index (Phi) is 5.15. The third kappa shape index (κ3) is 3.40. The zero-order valence-corrected chi connectivity index (χ0v) is 9.57. The van der Waals surface area contributed by atoms with Crippen LogP contribution in [0.3, 0.4) is 0 Å². The molecule has 0 saturated carbocycles. The number of benzene rings is 1. The summed E-state index contributed by atoms with van der Waals surface area (Å²) in [7, 11) is 0. The summed E-state index contributed by atoms with van der Waals surface area (Å²) in [5.74, 6) is 0.148. The third-order valence-electron chi connectivity index (χ3n) is 2.27. The number of hydrogen-bond donors (Lipinski definition) is 2. The average molecular weight is 259 g/mol. The summed E-state index contributed by atoms with van der Waals surface area (Å²) in [6.45, 7) is 0.328. The van der Waals surface area contributed by atoms with Crippen LogP contribution < -0.4 is 0 Å². The summed E-state index contributed by atoms with van der Waals surface area (Å²) >= 11 is 3.37. The van der Waals surface area contributed by atoms with Crippen molar-refractivity contribution in [3.8, 4) is 0 Å². The molecule has 0 heterocycles. The van der Waals surface area contributed by atoms with E-state index < -0.39 is 0 Å². The fourth-order valence-electron chi connectivity index (χ4n) is 1.44. The van der Waals surface area contributed by atoms with Crippen molar-refractivity contribution >= 4 is 15.9 Å². The first-order chi connectivity index (χ1) is 6.77. The molecule has 0 radical (unpaired) electrons. The lowest BCUT2D eigenvalue weighted by Crippen LogP contribution is -2.04. The summed E-state index contributed by atoms with van der Waals surface area (Å²) in [5.41, 5.74) is 1.13. The van der Waals surface area contributed by atoms with Gasteiger partial charge in [0.15, 0.2) is 0 Å². The first kappa shape index (κ1) is 11.7. The molecule has 2 N–H and O–H groups in total. The van der Waals surface area contributed by atoms with Crippen molar-refractivity contribution in [3.63, 3.8) is 0 Å². The van der Waals surface area contributed by atoms with Gasteiger partial charge in [-0.05, 0) is 30.5 Å². The molecule has 0 bridgehead atoms. The fourth-order valence-corrected chi connectivity index (χ4v) is 1.70. The minimum Gasteiger partial charge on any atom is -0.396 e. The van der Waals surface area contributed by atoms with Gasteiger partial charge in [-0.25, -0.2) is 0 Å². The van der Waals surface area contributed by atoms with Gasteiger partial charge in [0.1, 0.15) is 0 Å². The van der Waals surface area contributed by atoms with Gasteiger partial charge in [-0.3, -0.25) is 0 Å². The Labute approximate surface area is 92.7 Å². The maximum atomic E-state index is 9.18. The highest BCUT2D eigenvalue weighted by molar-refractivity contribution is 9.10. The predicted molar refractivity (Wildman–Crippen MR) is 60.3 cm³/mol. The molecule has 0 fully saturated rings. The highest BCUT2D eigenvalue weighted by atomic mass is 79.9. The predicted octanol–water partition coefficient (Wildman–Crippen LogP) is 2.30. The molecule has 0 aliphatic heterocycles. The van der Waals surface area contributed by atoms with E-state index in [-0.39, 0.29) is 19.1 Å². The standard InChI is InChI=1S/C11H15BrO2/c12-11-5-3-9(4-6-11)10(8-14)2-1-7-13/h3-6,10,13-14H,1-2,7-8H2/t10-/m0/s1. The lowest BCUT2D eigenvalue weighted by molar-refractivity contribution is 0.237. The Morgan fingerprint density at radius 1 is 1.14 bits per heavy atom. The van der Waals surface area contributed by atoms with Gasteiger partial charge in [0.25, 0.3) is 0 Å². The maximum Gasteiger partial charge on any atom is 0.0499 e. The normalized spacial score (nSPS) is 12.8. The molecule has 0 spiro atoms. The molecule has 3 heteroatoms. The van der Waals surface area contributed by atoms with Gasteiger partial charge >= 0.3 is 0 Å². The average Bonchev–Trinajstić information content (AvgIpc) is 2.21. The van der Waals surface area contributed by atoms with E-state index in [0.717, 1.165) is 22.9 Å². The highest BCUT2D eigenvalue weighted by Gasteiger charge is 2.09. The number of hydrogen-bond acceptors (Lipinski definition) is 2. The van der Waals surface area contributed by atoms with Crippen molar-refractivity contribution < 1.29 is 10.2 Å². The van der Waals surface area contributed by atoms with E-state index in [9.17, 15) is 5.11 Å². The van der Waals surface area contributed by atoms with Crippen LogP contribution in [0.5, 0.6) is 0 Å². The highest BCUT2D eigenvalue weighted by Crippen LogP contribution is 2.22. The van der Waals surface area contributed by atoms with E-state index in [2.05, 4.69) is 15.9 Å². The van der Waals surface area contributed by atoms with Crippen molar-refractivity contribution in [3.05, 3.63) is 34.3 Å². The van der Waals surface area contributed by atoms with Crippen molar-refractivity contribution in [1.82, 2.24) is 0 Å². The van der Waals surface area contributed by atoms with Crippen molar-refractivity contribution in [2.75, 3.05) is 13.2 Å². The topological polar surface area (TPSA) is 40.5 Å². The molecule has 0 aliphatic carbocycles. The fraction of sp³-hybridized carbons (Fsp3) is 0.455. The monoisotopic (exact) mass is 258 g/mol. The molecular weight excluding hydrogens is 244 g/mol. The lowest BCUT2D eigenvalue weighted by Gasteiger charge is -2.13. The van der Waals surface area contributed by atoms with Crippen LogP contribution in [0.1, 0.15) is 24.3 Å². The zero-order chi connectivity index (χ0) is 10.4. The van der Waals surface area contributed by atoms with E-state index in [1.54, 1.807) is 0 Å². The van der Waals surface area contributed by atoms with Crippen LogP contribution in [0.15, 0.2) is 28.7 Å². The van der Waals surface area contributed by atoms with Gasteiger partial charge in [-0.15, -0.1) is 0 Å². The molecule has 1 aromatic rings. The molecule has 78 valence electrons. The zero-order valence-electron chi connectivity index (χ0n) is 7.99. The molecule has 1 atom stereocenters. The van der Waals surface area contributed by atoms with Crippen molar-refractivity contribution in [1.29, 1.82) is 0 Å². The van der Waals surface area contributed by atoms with Crippen LogP contribution >= 0.6 is 15.9 Å². The van der Waals surface area contributed by atoms with Gasteiger partial charge in [-0.1, -0.05) is 28.1 Å². The Morgan fingerprint density at radius 3 is 2.29 bits per heavy atom. The second kappa shape index (κ2) is 6.17. The Bertz CT molecular complexity index is 258. The van der Waals surface area contributed by atoms with E-state index in [0.29, 0.717) is 0 Å². The Hall–Kier alpha value is -0.380. The first-order valence-electron chi connectivity index (χ1n) is 4.75. The quantitative estimate of drug-likeness (QED) is 0.851. The summed E-state index contributed by atoms with van der Waals surface area (Å²) in [5, 5.41) is 17.9. The number of aliphatic hydroxyl groups excluding tert-OH is 2. The van der Waals surface area contributed by atoms with Crippen LogP contribution in [-0.2, 0) is 0 Å². The molecule has 0 amide bonds.